The number of rotatable bonds is 2. The number of alkyl halides is 3. The summed E-state index contributed by atoms with van der Waals surface area (Å²) in [5.74, 6) is 0. The van der Waals surface area contributed by atoms with Crippen LogP contribution in [0.15, 0.2) is 47.1 Å². The number of nitrogens with zero attached hydrogens (tertiary/aromatic N) is 2. The molecule has 1 aliphatic heterocycles. The number of aromatic nitrogens is 2. The van der Waals surface area contributed by atoms with Crippen molar-refractivity contribution in [1.29, 1.82) is 0 Å². The topological polar surface area (TPSA) is 31.9 Å². The molecule has 3 aromatic rings. The molecule has 1 atom stereocenters. The molecule has 0 bridgehead atoms. The molecule has 1 aromatic heterocycles. The van der Waals surface area contributed by atoms with E-state index in [4.69, 9.17) is 0 Å². The lowest BCUT2D eigenvalue weighted by Crippen LogP contribution is -2.42. The smallest absolute Gasteiger partial charge is 0.283 e. The first-order chi connectivity index (χ1) is 11.9. The molecule has 4 rings (SSSR count). The van der Waals surface area contributed by atoms with Gasteiger partial charge in [0, 0.05) is 16.4 Å². The fourth-order valence-corrected chi connectivity index (χ4v) is 3.91. The maximum absolute atomic E-state index is 13.1. The molecule has 130 valence electrons. The van der Waals surface area contributed by atoms with E-state index < -0.39 is 18.8 Å². The molecule has 2 heterocycles. The number of hydrogen-bond donors (Lipinski definition) is 1. The van der Waals surface area contributed by atoms with Crippen LogP contribution in [0.4, 0.5) is 13.2 Å². The Morgan fingerprint density at radius 3 is 2.64 bits per heavy atom. The molecule has 0 radical (unpaired) electrons. The van der Waals surface area contributed by atoms with Crippen LogP contribution in [-0.4, -0.2) is 34.4 Å². The van der Waals surface area contributed by atoms with Gasteiger partial charge in [-0.3, -0.25) is 10.00 Å². The van der Waals surface area contributed by atoms with E-state index in [0.717, 1.165) is 32.1 Å². The van der Waals surface area contributed by atoms with Crippen LogP contribution in [0.2, 0.25) is 0 Å². The van der Waals surface area contributed by atoms with Crippen molar-refractivity contribution in [2.24, 2.45) is 0 Å². The van der Waals surface area contributed by atoms with E-state index in [2.05, 4.69) is 26.1 Å². The lowest BCUT2D eigenvalue weighted by molar-refractivity contribution is -0.150. The highest BCUT2D eigenvalue weighted by Gasteiger charge is 2.38. The number of benzene rings is 2. The van der Waals surface area contributed by atoms with Crippen molar-refractivity contribution in [2.45, 2.75) is 18.6 Å². The van der Waals surface area contributed by atoms with Crippen LogP contribution in [0.3, 0.4) is 0 Å². The van der Waals surface area contributed by atoms with Gasteiger partial charge in [-0.05, 0) is 41.3 Å². The van der Waals surface area contributed by atoms with Gasteiger partial charge >= 0.3 is 6.18 Å². The SMILES string of the molecule is FC(F)(F)CN1CCc2c(ccc3[nH]ncc23)C1c1ccc(Br)cc1. The molecule has 0 spiro atoms. The third-order valence-corrected chi connectivity index (χ3v) is 5.18. The Balaban J connectivity index is 1.85. The lowest BCUT2D eigenvalue weighted by Gasteiger charge is -2.38. The third-order valence-electron chi connectivity index (χ3n) is 4.65. The second-order valence-electron chi connectivity index (χ2n) is 6.25. The minimum Gasteiger partial charge on any atom is -0.283 e. The van der Waals surface area contributed by atoms with Gasteiger partial charge in [-0.15, -0.1) is 0 Å². The monoisotopic (exact) mass is 409 g/mol. The Morgan fingerprint density at radius 1 is 1.16 bits per heavy atom. The second-order valence-corrected chi connectivity index (χ2v) is 7.17. The Bertz CT molecular complexity index is 902. The second kappa shape index (κ2) is 6.14. The van der Waals surface area contributed by atoms with Crippen molar-refractivity contribution < 1.29 is 13.2 Å². The summed E-state index contributed by atoms with van der Waals surface area (Å²) < 4.78 is 40.2. The zero-order chi connectivity index (χ0) is 17.6. The van der Waals surface area contributed by atoms with Crippen molar-refractivity contribution >= 4 is 26.8 Å². The average Bonchev–Trinajstić information content (AvgIpc) is 3.03. The minimum atomic E-state index is -4.23. The zero-order valence-corrected chi connectivity index (χ0v) is 14.7. The van der Waals surface area contributed by atoms with Gasteiger partial charge < -0.3 is 0 Å². The van der Waals surface area contributed by atoms with Crippen molar-refractivity contribution in [3.05, 3.63) is 63.8 Å². The summed E-state index contributed by atoms with van der Waals surface area (Å²) >= 11 is 3.39. The van der Waals surface area contributed by atoms with Gasteiger partial charge in [0.25, 0.3) is 0 Å². The standard InChI is InChI=1S/C18H15BrF3N3/c19-12-3-1-11(2-4-12)17-14-5-6-16-15(9-23-24-16)13(14)7-8-25(17)10-18(20,21)22/h1-6,9,17H,7-8,10H2,(H,23,24). The molecule has 0 saturated carbocycles. The van der Waals surface area contributed by atoms with Gasteiger partial charge in [0.15, 0.2) is 0 Å². The van der Waals surface area contributed by atoms with Crippen molar-refractivity contribution in [1.82, 2.24) is 15.1 Å². The molecule has 0 saturated heterocycles. The van der Waals surface area contributed by atoms with Gasteiger partial charge in [-0.1, -0.05) is 34.1 Å². The molecule has 1 N–H and O–H groups in total. The molecular formula is C18H15BrF3N3. The summed E-state index contributed by atoms with van der Waals surface area (Å²) in [6.45, 7) is -0.561. The first-order valence-electron chi connectivity index (χ1n) is 7.93. The maximum Gasteiger partial charge on any atom is 0.401 e. The summed E-state index contributed by atoms with van der Waals surface area (Å²) in [7, 11) is 0. The largest absolute Gasteiger partial charge is 0.401 e. The van der Waals surface area contributed by atoms with Crippen LogP contribution >= 0.6 is 15.9 Å². The van der Waals surface area contributed by atoms with E-state index in [1.165, 1.54) is 4.90 Å². The molecular weight excluding hydrogens is 395 g/mol. The Kier molecular flexibility index (Phi) is 4.08. The first-order valence-corrected chi connectivity index (χ1v) is 8.73. The molecule has 1 unspecified atom stereocenters. The summed E-state index contributed by atoms with van der Waals surface area (Å²) in [6, 6.07) is 10.9. The Hall–Kier alpha value is -1.86. The molecule has 3 nitrogen and oxygen atoms in total. The van der Waals surface area contributed by atoms with Crippen LogP contribution in [-0.2, 0) is 6.42 Å². The molecule has 0 aliphatic carbocycles. The quantitative estimate of drug-likeness (QED) is 0.656. The van der Waals surface area contributed by atoms with Gasteiger partial charge in [0.2, 0.25) is 0 Å². The summed E-state index contributed by atoms with van der Waals surface area (Å²) in [6.07, 6.45) is -1.90. The van der Waals surface area contributed by atoms with Crippen LogP contribution in [0.25, 0.3) is 10.9 Å². The summed E-state index contributed by atoms with van der Waals surface area (Å²) in [5, 5.41) is 8.00. The molecule has 7 heteroatoms. The average molecular weight is 410 g/mol. The number of hydrogen-bond acceptors (Lipinski definition) is 2. The van der Waals surface area contributed by atoms with Gasteiger partial charge in [0.05, 0.1) is 24.3 Å². The summed E-state index contributed by atoms with van der Waals surface area (Å²) in [4.78, 5) is 1.51. The van der Waals surface area contributed by atoms with E-state index in [1.807, 2.05) is 36.4 Å². The molecule has 2 aromatic carbocycles. The van der Waals surface area contributed by atoms with Crippen molar-refractivity contribution in [2.75, 3.05) is 13.1 Å². The normalized spacial score (nSPS) is 18.5. The van der Waals surface area contributed by atoms with Crippen LogP contribution in [0.1, 0.15) is 22.7 Å². The van der Waals surface area contributed by atoms with E-state index >= 15 is 0 Å². The van der Waals surface area contributed by atoms with Gasteiger partial charge in [-0.25, -0.2) is 0 Å². The van der Waals surface area contributed by atoms with Gasteiger partial charge in [-0.2, -0.15) is 18.3 Å². The number of halogens is 4. The fraction of sp³-hybridized carbons (Fsp3) is 0.278. The van der Waals surface area contributed by atoms with Crippen LogP contribution in [0, 0.1) is 0 Å². The summed E-state index contributed by atoms with van der Waals surface area (Å²) in [5.41, 5.74) is 3.78. The predicted molar refractivity (Wildman–Crippen MR) is 93.4 cm³/mol. The highest BCUT2D eigenvalue weighted by molar-refractivity contribution is 9.10. The first kappa shape index (κ1) is 16.6. The predicted octanol–water partition coefficient (Wildman–Crippen LogP) is 4.84. The molecule has 0 amide bonds. The molecule has 0 fully saturated rings. The number of aromatic amines is 1. The lowest BCUT2D eigenvalue weighted by atomic mass is 9.86. The van der Waals surface area contributed by atoms with E-state index in [1.54, 1.807) is 6.20 Å². The van der Waals surface area contributed by atoms with E-state index in [0.29, 0.717) is 13.0 Å². The highest BCUT2D eigenvalue weighted by Crippen LogP contribution is 2.39. The van der Waals surface area contributed by atoms with E-state index in [-0.39, 0.29) is 0 Å². The molecule has 1 aliphatic rings. The van der Waals surface area contributed by atoms with Crippen molar-refractivity contribution in [3.63, 3.8) is 0 Å². The Labute approximate surface area is 151 Å². The van der Waals surface area contributed by atoms with Crippen LogP contribution in [0.5, 0.6) is 0 Å². The number of fused-ring (bicyclic) bond motifs is 3. The highest BCUT2D eigenvalue weighted by atomic mass is 79.9. The third kappa shape index (κ3) is 3.18. The molecule has 25 heavy (non-hydrogen) atoms. The van der Waals surface area contributed by atoms with E-state index in [9.17, 15) is 13.2 Å². The van der Waals surface area contributed by atoms with Gasteiger partial charge in [0.1, 0.15) is 0 Å². The fourth-order valence-electron chi connectivity index (χ4n) is 3.65. The Morgan fingerprint density at radius 2 is 1.92 bits per heavy atom. The zero-order valence-electron chi connectivity index (χ0n) is 13.1. The van der Waals surface area contributed by atoms with Crippen LogP contribution < -0.4 is 0 Å². The minimum absolute atomic E-state index is 0.359. The van der Waals surface area contributed by atoms with Crippen molar-refractivity contribution in [3.8, 4) is 0 Å². The number of H-pyrrole nitrogens is 1. The maximum atomic E-state index is 13.1. The number of nitrogens with one attached hydrogen (secondary N) is 1.